The molecule has 0 bridgehead atoms. The molecule has 0 amide bonds. The van der Waals surface area contributed by atoms with E-state index >= 15 is 0 Å². The molecule has 0 N–H and O–H groups in total. The Morgan fingerprint density at radius 2 is 1.52 bits per heavy atom. The Morgan fingerprint density at radius 1 is 0.952 bits per heavy atom. The lowest BCUT2D eigenvalue weighted by Gasteiger charge is -2.18. The molecule has 0 aliphatic heterocycles. The number of hydrogen-bond donors (Lipinski definition) is 0. The van der Waals surface area contributed by atoms with Crippen LogP contribution in [0.25, 0.3) is 0 Å². The van der Waals surface area contributed by atoms with Gasteiger partial charge >= 0.3 is 5.97 Å². The molecule has 0 spiro atoms. The molecule has 104 valence electrons. The zero-order chi connectivity index (χ0) is 14.5. The molecule has 4 nitrogen and oxygen atoms in total. The van der Waals surface area contributed by atoms with E-state index in [4.69, 9.17) is 4.74 Å². The van der Waals surface area contributed by atoms with Gasteiger partial charge < -0.3 is 4.74 Å². The van der Waals surface area contributed by atoms with Gasteiger partial charge in [-0.25, -0.2) is 4.79 Å². The molecule has 0 aliphatic carbocycles. The molecular formula is C16H12N2O2S. The monoisotopic (exact) mass is 296 g/mol. The topological polar surface area (TPSA) is 52.1 Å². The van der Waals surface area contributed by atoms with Crippen LogP contribution >= 0.6 is 11.5 Å². The standard InChI is InChI=1S/C16H12N2O2S/c19-16(14-11-21-18-17-14)20-15(12-7-3-1-4-8-12)13-9-5-2-6-10-13/h1-11,15H. The van der Waals surface area contributed by atoms with Crippen molar-refractivity contribution in [3.63, 3.8) is 0 Å². The molecular weight excluding hydrogens is 284 g/mol. The molecule has 1 heterocycles. The van der Waals surface area contributed by atoms with Crippen LogP contribution < -0.4 is 0 Å². The fourth-order valence-electron chi connectivity index (χ4n) is 2.01. The Labute approximate surface area is 126 Å². The average Bonchev–Trinajstić information content (AvgIpc) is 3.09. The van der Waals surface area contributed by atoms with Crippen LogP contribution in [0.1, 0.15) is 27.7 Å². The largest absolute Gasteiger partial charge is 0.448 e. The molecule has 0 saturated heterocycles. The van der Waals surface area contributed by atoms with Crippen molar-refractivity contribution in [2.75, 3.05) is 0 Å². The quantitative estimate of drug-likeness (QED) is 0.692. The van der Waals surface area contributed by atoms with Gasteiger partial charge in [-0.2, -0.15) is 0 Å². The third-order valence-corrected chi connectivity index (χ3v) is 3.50. The van der Waals surface area contributed by atoms with E-state index in [9.17, 15) is 4.79 Å². The van der Waals surface area contributed by atoms with Gasteiger partial charge in [0.05, 0.1) is 0 Å². The first-order valence-electron chi connectivity index (χ1n) is 6.42. The number of hydrogen-bond acceptors (Lipinski definition) is 5. The molecule has 2 aromatic carbocycles. The summed E-state index contributed by atoms with van der Waals surface area (Å²) >= 11 is 1.12. The van der Waals surface area contributed by atoms with Crippen molar-refractivity contribution in [2.24, 2.45) is 0 Å². The first-order valence-corrected chi connectivity index (χ1v) is 7.26. The van der Waals surface area contributed by atoms with E-state index in [0.717, 1.165) is 22.7 Å². The number of aromatic nitrogens is 2. The molecule has 0 saturated carbocycles. The molecule has 0 fully saturated rings. The predicted octanol–water partition coefficient (Wildman–Crippen LogP) is 3.48. The van der Waals surface area contributed by atoms with Crippen LogP contribution in [-0.2, 0) is 4.74 Å². The number of carbonyl (C=O) groups excluding carboxylic acids is 1. The molecule has 21 heavy (non-hydrogen) atoms. The van der Waals surface area contributed by atoms with E-state index in [-0.39, 0.29) is 5.69 Å². The van der Waals surface area contributed by atoms with Crippen molar-refractivity contribution in [1.29, 1.82) is 0 Å². The number of esters is 1. The van der Waals surface area contributed by atoms with Crippen LogP contribution in [0.5, 0.6) is 0 Å². The Kier molecular flexibility index (Phi) is 4.02. The molecule has 3 aromatic rings. The van der Waals surface area contributed by atoms with Gasteiger partial charge in [0, 0.05) is 5.38 Å². The maximum Gasteiger partial charge on any atom is 0.360 e. The predicted molar refractivity (Wildman–Crippen MR) is 80.1 cm³/mol. The molecule has 5 heteroatoms. The van der Waals surface area contributed by atoms with Crippen LogP contribution in [-0.4, -0.2) is 15.6 Å². The summed E-state index contributed by atoms with van der Waals surface area (Å²) in [4.78, 5) is 12.1. The number of ether oxygens (including phenoxy) is 1. The van der Waals surface area contributed by atoms with Gasteiger partial charge in [-0.15, -0.1) is 5.10 Å². The van der Waals surface area contributed by atoms with Crippen molar-refractivity contribution >= 4 is 17.5 Å². The number of carbonyl (C=O) groups is 1. The molecule has 0 aliphatic rings. The minimum absolute atomic E-state index is 0.233. The summed E-state index contributed by atoms with van der Waals surface area (Å²) in [5.41, 5.74) is 2.07. The van der Waals surface area contributed by atoms with Crippen molar-refractivity contribution in [3.05, 3.63) is 82.9 Å². The van der Waals surface area contributed by atoms with E-state index in [1.54, 1.807) is 5.38 Å². The Morgan fingerprint density at radius 3 is 2.00 bits per heavy atom. The highest BCUT2D eigenvalue weighted by atomic mass is 32.1. The van der Waals surface area contributed by atoms with E-state index in [1.807, 2.05) is 60.7 Å². The van der Waals surface area contributed by atoms with Crippen LogP contribution in [0.4, 0.5) is 0 Å². The zero-order valence-corrected chi connectivity index (χ0v) is 11.9. The minimum atomic E-state index is -0.471. The molecule has 0 atom stereocenters. The van der Waals surface area contributed by atoms with Gasteiger partial charge in [-0.3, -0.25) is 0 Å². The van der Waals surface area contributed by atoms with Crippen molar-refractivity contribution in [2.45, 2.75) is 6.10 Å². The SMILES string of the molecule is O=C(OC(c1ccccc1)c1ccccc1)c1csnn1. The molecule has 0 unspecified atom stereocenters. The van der Waals surface area contributed by atoms with Crippen molar-refractivity contribution in [3.8, 4) is 0 Å². The fraction of sp³-hybridized carbons (Fsp3) is 0.0625. The highest BCUT2D eigenvalue weighted by molar-refractivity contribution is 7.03. The smallest absolute Gasteiger partial charge is 0.360 e. The molecule has 1 aromatic heterocycles. The highest BCUT2D eigenvalue weighted by Crippen LogP contribution is 2.26. The van der Waals surface area contributed by atoms with Gasteiger partial charge in [0.15, 0.2) is 11.8 Å². The average molecular weight is 296 g/mol. The van der Waals surface area contributed by atoms with Gasteiger partial charge in [0.25, 0.3) is 0 Å². The summed E-state index contributed by atoms with van der Waals surface area (Å²) < 4.78 is 9.32. The summed E-state index contributed by atoms with van der Waals surface area (Å²) in [5.74, 6) is -0.471. The van der Waals surface area contributed by atoms with Crippen LogP contribution in [0.3, 0.4) is 0 Å². The third kappa shape index (κ3) is 3.14. The molecule has 0 radical (unpaired) electrons. The minimum Gasteiger partial charge on any atom is -0.448 e. The van der Waals surface area contributed by atoms with Crippen LogP contribution in [0.15, 0.2) is 66.0 Å². The third-order valence-electron chi connectivity index (χ3n) is 3.00. The summed E-state index contributed by atoms with van der Waals surface area (Å²) in [6.45, 7) is 0. The lowest BCUT2D eigenvalue weighted by Crippen LogP contribution is -2.13. The van der Waals surface area contributed by atoms with E-state index in [2.05, 4.69) is 9.59 Å². The Balaban J connectivity index is 1.92. The lowest BCUT2D eigenvalue weighted by atomic mass is 10.0. The number of benzene rings is 2. The molecule has 3 rings (SSSR count). The highest BCUT2D eigenvalue weighted by Gasteiger charge is 2.21. The van der Waals surface area contributed by atoms with Crippen molar-refractivity contribution in [1.82, 2.24) is 9.59 Å². The second kappa shape index (κ2) is 6.28. The van der Waals surface area contributed by atoms with Gasteiger partial charge in [-0.1, -0.05) is 65.2 Å². The maximum absolute atomic E-state index is 12.1. The van der Waals surface area contributed by atoms with Crippen LogP contribution in [0, 0.1) is 0 Å². The normalized spacial score (nSPS) is 10.5. The number of rotatable bonds is 4. The number of nitrogens with zero attached hydrogens (tertiary/aromatic N) is 2. The van der Waals surface area contributed by atoms with E-state index in [1.165, 1.54) is 0 Å². The first-order chi connectivity index (χ1) is 10.3. The lowest BCUT2D eigenvalue weighted by molar-refractivity contribution is 0.0371. The fourth-order valence-corrected chi connectivity index (χ4v) is 2.43. The zero-order valence-electron chi connectivity index (χ0n) is 11.0. The summed E-state index contributed by atoms with van der Waals surface area (Å²) in [6.07, 6.45) is -0.457. The summed E-state index contributed by atoms with van der Waals surface area (Å²) in [6, 6.07) is 19.3. The van der Waals surface area contributed by atoms with E-state index in [0.29, 0.717) is 0 Å². The van der Waals surface area contributed by atoms with Gasteiger partial charge in [-0.05, 0) is 22.7 Å². The second-order valence-corrected chi connectivity index (χ2v) is 5.01. The Hall–Kier alpha value is -2.53. The first kappa shape index (κ1) is 13.5. The van der Waals surface area contributed by atoms with Gasteiger partial charge in [0.1, 0.15) is 0 Å². The maximum atomic E-state index is 12.1. The summed E-state index contributed by atoms with van der Waals surface area (Å²) in [5, 5.41) is 5.33. The van der Waals surface area contributed by atoms with Crippen LogP contribution in [0.2, 0.25) is 0 Å². The Bertz CT molecular complexity index is 660. The van der Waals surface area contributed by atoms with Gasteiger partial charge in [0.2, 0.25) is 0 Å². The summed E-state index contributed by atoms with van der Waals surface area (Å²) in [7, 11) is 0. The van der Waals surface area contributed by atoms with E-state index < -0.39 is 12.1 Å². The second-order valence-electron chi connectivity index (χ2n) is 4.40. The van der Waals surface area contributed by atoms with Crippen molar-refractivity contribution < 1.29 is 9.53 Å².